The Kier molecular flexibility index (Phi) is 8.40. The van der Waals surface area contributed by atoms with E-state index in [9.17, 15) is 4.79 Å². The van der Waals surface area contributed by atoms with Crippen molar-refractivity contribution in [2.24, 2.45) is 0 Å². The molecule has 0 saturated heterocycles. The molecule has 48 valence electrons. The van der Waals surface area contributed by atoms with E-state index < -0.39 is 0 Å². The van der Waals surface area contributed by atoms with Gasteiger partial charge in [0.05, 0.1) is 6.61 Å². The Bertz CT molecular complexity index is 110. The van der Waals surface area contributed by atoms with Crippen molar-refractivity contribution in [1.82, 2.24) is 0 Å². The average Bonchev–Trinajstić information content (AvgIpc) is 1.67. The summed E-state index contributed by atoms with van der Waals surface area (Å²) in [5.74, 6) is -0.312. The summed E-state index contributed by atoms with van der Waals surface area (Å²) in [4.78, 5) is 10.4. The number of carbonyl (C=O) groups excluding carboxylic acids is 1. The summed E-state index contributed by atoms with van der Waals surface area (Å²) in [7, 11) is 0. The molecule has 0 aliphatic carbocycles. The molecule has 0 fully saturated rings. The van der Waals surface area contributed by atoms with E-state index in [0.717, 1.165) is 0 Å². The molecule has 0 N–H and O–H groups in total. The first-order valence-electron chi connectivity index (χ1n) is 2.51. The maximum atomic E-state index is 10.4. The summed E-state index contributed by atoms with van der Waals surface area (Å²) in [6, 6.07) is 0. The van der Waals surface area contributed by atoms with Gasteiger partial charge < -0.3 is 4.74 Å². The monoisotopic (exact) mass is 138 g/mol. The molecule has 0 aliphatic rings. The molecule has 0 saturated carbocycles. The summed E-state index contributed by atoms with van der Waals surface area (Å²) in [6.45, 7) is 7.21. The Morgan fingerprint density at radius 1 is 1.67 bits per heavy atom. The molecule has 9 heavy (non-hydrogen) atoms. The first kappa shape index (κ1) is 11.9. The van der Waals surface area contributed by atoms with Gasteiger partial charge in [-0.05, 0) is 13.8 Å². The standard InChI is InChI=1S/C6H10O2.Na.H/c1-4-8-6(7)5(2)3;;/h2,4H2,1,3H3;;. The van der Waals surface area contributed by atoms with Crippen molar-refractivity contribution in [2.45, 2.75) is 13.8 Å². The van der Waals surface area contributed by atoms with Crippen LogP contribution in [-0.2, 0) is 9.53 Å². The Labute approximate surface area is 77.6 Å². The molecule has 0 spiro atoms. The average molecular weight is 138 g/mol. The van der Waals surface area contributed by atoms with Gasteiger partial charge in [0.1, 0.15) is 0 Å². The molecule has 0 aromatic heterocycles. The summed E-state index contributed by atoms with van der Waals surface area (Å²) < 4.78 is 4.56. The van der Waals surface area contributed by atoms with Gasteiger partial charge in [-0.1, -0.05) is 6.58 Å². The number of rotatable bonds is 2. The molecule has 0 unspecified atom stereocenters. The first-order chi connectivity index (χ1) is 3.68. The van der Waals surface area contributed by atoms with Gasteiger partial charge in [-0.15, -0.1) is 0 Å². The van der Waals surface area contributed by atoms with Crippen LogP contribution in [-0.4, -0.2) is 42.1 Å². The second kappa shape index (κ2) is 6.33. The van der Waals surface area contributed by atoms with Crippen molar-refractivity contribution in [2.75, 3.05) is 6.61 Å². The van der Waals surface area contributed by atoms with Crippen molar-refractivity contribution < 1.29 is 9.53 Å². The van der Waals surface area contributed by atoms with Crippen LogP contribution in [0.5, 0.6) is 0 Å². The third kappa shape index (κ3) is 6.09. The number of ether oxygens (including phenoxy) is 1. The third-order valence-electron chi connectivity index (χ3n) is 0.624. The fraction of sp³-hybridized carbons (Fsp3) is 0.500. The van der Waals surface area contributed by atoms with Gasteiger partial charge in [0.2, 0.25) is 0 Å². The van der Waals surface area contributed by atoms with Crippen LogP contribution in [0.1, 0.15) is 13.8 Å². The predicted octanol–water partition coefficient (Wildman–Crippen LogP) is 0.477. The summed E-state index contributed by atoms with van der Waals surface area (Å²) in [5.41, 5.74) is 0.451. The molecular formula is C6H11NaO2. The van der Waals surface area contributed by atoms with E-state index in [1.54, 1.807) is 13.8 Å². The molecule has 2 nitrogen and oxygen atoms in total. The zero-order valence-corrected chi connectivity index (χ0v) is 5.23. The fourth-order valence-corrected chi connectivity index (χ4v) is 0.254. The first-order valence-corrected chi connectivity index (χ1v) is 2.51. The third-order valence-corrected chi connectivity index (χ3v) is 0.624. The molecule has 0 radical (unpaired) electrons. The van der Waals surface area contributed by atoms with Gasteiger partial charge >= 0.3 is 35.5 Å². The van der Waals surface area contributed by atoms with Crippen molar-refractivity contribution in [3.05, 3.63) is 12.2 Å². The maximum absolute atomic E-state index is 10.4. The quantitative estimate of drug-likeness (QED) is 0.315. The Balaban J connectivity index is 0. The molecule has 3 heteroatoms. The fourth-order valence-electron chi connectivity index (χ4n) is 0.254. The van der Waals surface area contributed by atoms with Crippen molar-refractivity contribution in [3.8, 4) is 0 Å². The van der Waals surface area contributed by atoms with Gasteiger partial charge in [0, 0.05) is 5.57 Å². The second-order valence-electron chi connectivity index (χ2n) is 1.50. The van der Waals surface area contributed by atoms with E-state index in [0.29, 0.717) is 12.2 Å². The Morgan fingerprint density at radius 3 is 2.22 bits per heavy atom. The van der Waals surface area contributed by atoms with Crippen molar-refractivity contribution in [3.63, 3.8) is 0 Å². The van der Waals surface area contributed by atoms with Crippen molar-refractivity contribution in [1.29, 1.82) is 0 Å². The van der Waals surface area contributed by atoms with Gasteiger partial charge in [-0.2, -0.15) is 0 Å². The number of hydrogen-bond donors (Lipinski definition) is 0. The van der Waals surface area contributed by atoms with E-state index >= 15 is 0 Å². The van der Waals surface area contributed by atoms with Crippen LogP contribution in [0.2, 0.25) is 0 Å². The molecule has 0 bridgehead atoms. The molecule has 0 aromatic rings. The molecule has 0 heterocycles. The molecule has 0 rings (SSSR count). The van der Waals surface area contributed by atoms with Gasteiger partial charge in [0.15, 0.2) is 0 Å². The van der Waals surface area contributed by atoms with E-state index in [-0.39, 0.29) is 35.5 Å². The Morgan fingerprint density at radius 2 is 2.11 bits per heavy atom. The van der Waals surface area contributed by atoms with Crippen LogP contribution in [0.4, 0.5) is 0 Å². The van der Waals surface area contributed by atoms with Crippen LogP contribution in [0, 0.1) is 0 Å². The molecular weight excluding hydrogens is 127 g/mol. The zero-order valence-electron chi connectivity index (χ0n) is 5.23. The zero-order chi connectivity index (χ0) is 6.57. The second-order valence-corrected chi connectivity index (χ2v) is 1.50. The molecule has 0 amide bonds. The van der Waals surface area contributed by atoms with Crippen LogP contribution < -0.4 is 0 Å². The van der Waals surface area contributed by atoms with Gasteiger partial charge in [-0.25, -0.2) is 4.79 Å². The van der Waals surface area contributed by atoms with E-state index in [2.05, 4.69) is 11.3 Å². The summed E-state index contributed by atoms with van der Waals surface area (Å²) in [6.07, 6.45) is 0. The van der Waals surface area contributed by atoms with E-state index in [4.69, 9.17) is 0 Å². The minimum atomic E-state index is -0.312. The summed E-state index contributed by atoms with van der Waals surface area (Å²) in [5, 5.41) is 0. The molecule has 0 aromatic carbocycles. The normalized spacial score (nSPS) is 7.33. The number of esters is 1. The van der Waals surface area contributed by atoms with Crippen molar-refractivity contribution >= 4 is 35.5 Å². The minimum absolute atomic E-state index is 0. The molecule has 0 atom stereocenters. The van der Waals surface area contributed by atoms with E-state index in [1.165, 1.54) is 0 Å². The van der Waals surface area contributed by atoms with E-state index in [1.807, 2.05) is 0 Å². The van der Waals surface area contributed by atoms with Gasteiger partial charge in [-0.3, -0.25) is 0 Å². The Hall–Kier alpha value is 0.210. The van der Waals surface area contributed by atoms with Crippen LogP contribution in [0.3, 0.4) is 0 Å². The SMILES string of the molecule is C=C(C)C(=O)OCC.[NaH]. The molecule has 0 aliphatic heterocycles. The topological polar surface area (TPSA) is 26.3 Å². The van der Waals surface area contributed by atoms with Crippen LogP contribution in [0.25, 0.3) is 0 Å². The predicted molar refractivity (Wildman–Crippen MR) is 38.6 cm³/mol. The van der Waals surface area contributed by atoms with Crippen LogP contribution >= 0.6 is 0 Å². The number of hydrogen-bond acceptors (Lipinski definition) is 2. The summed E-state index contributed by atoms with van der Waals surface area (Å²) >= 11 is 0. The number of carbonyl (C=O) groups is 1. The van der Waals surface area contributed by atoms with Crippen LogP contribution in [0.15, 0.2) is 12.2 Å². The van der Waals surface area contributed by atoms with Gasteiger partial charge in [0.25, 0.3) is 0 Å².